The first kappa shape index (κ1) is 27.6. The number of rotatable bonds is 12. The van der Waals surface area contributed by atoms with Crippen LogP contribution in [0.5, 0.6) is 11.5 Å². The predicted octanol–water partition coefficient (Wildman–Crippen LogP) is 3.04. The van der Waals surface area contributed by atoms with E-state index in [2.05, 4.69) is 40.7 Å². The van der Waals surface area contributed by atoms with E-state index in [1.165, 1.54) is 0 Å². The van der Waals surface area contributed by atoms with Crippen molar-refractivity contribution in [2.45, 2.75) is 38.4 Å². The van der Waals surface area contributed by atoms with Crippen LogP contribution >= 0.6 is 27.5 Å². The third-order valence-corrected chi connectivity index (χ3v) is 6.99. The van der Waals surface area contributed by atoms with Crippen molar-refractivity contribution in [1.82, 2.24) is 16.0 Å². The molecule has 5 N–H and O–H groups in total. The van der Waals surface area contributed by atoms with Gasteiger partial charge in [0.1, 0.15) is 36.9 Å². The molecule has 3 rings (SSSR count). The quantitative estimate of drug-likeness (QED) is 0.248. The Kier molecular flexibility index (Phi) is 9.69. The summed E-state index contributed by atoms with van der Waals surface area (Å²) < 4.78 is 12.2. The summed E-state index contributed by atoms with van der Waals surface area (Å²) in [5.74, 6) is 1.44. The maximum Gasteiger partial charge on any atom is 0.133 e. The summed E-state index contributed by atoms with van der Waals surface area (Å²) in [5.41, 5.74) is 9.20. The summed E-state index contributed by atoms with van der Waals surface area (Å²) in [6.45, 7) is 6.62. The zero-order valence-electron chi connectivity index (χ0n) is 20.1. The van der Waals surface area contributed by atoms with Gasteiger partial charge < -0.3 is 30.2 Å². The molecule has 0 aromatic heterocycles. The Bertz CT molecular complexity index is 1020. The molecule has 2 atom stereocenters. The van der Waals surface area contributed by atoms with Crippen molar-refractivity contribution in [3.05, 3.63) is 69.5 Å². The highest BCUT2D eigenvalue weighted by Crippen LogP contribution is 2.36. The standard InChI is InChI=1S/C25H33BrClN3O5/c1-16-23(13-31)28-29-30(16)12-20(33)15-34-21-7-4-17(5-8-21)25(2,3)18-6-9-24(22(26)10-18)35-14-19(32)11-27/h4-10,19-20,28-29,31-33H,11-15H2,1-3H3. The van der Waals surface area contributed by atoms with Crippen LogP contribution in [0.4, 0.5) is 0 Å². The van der Waals surface area contributed by atoms with E-state index in [-0.39, 0.29) is 31.1 Å². The molecule has 2 aromatic carbocycles. The number of nitrogens with zero attached hydrogens (tertiary/aromatic N) is 1. The first-order valence-corrected chi connectivity index (χ1v) is 12.7. The van der Waals surface area contributed by atoms with Crippen molar-refractivity contribution in [2.75, 3.05) is 32.2 Å². The van der Waals surface area contributed by atoms with Gasteiger partial charge in [0.2, 0.25) is 0 Å². The average Bonchev–Trinajstić information content (AvgIpc) is 3.20. The third-order valence-electron chi connectivity index (χ3n) is 6.02. The fraction of sp³-hybridized carbons (Fsp3) is 0.440. The van der Waals surface area contributed by atoms with Crippen LogP contribution in [0.25, 0.3) is 0 Å². The lowest BCUT2D eigenvalue weighted by atomic mass is 9.78. The van der Waals surface area contributed by atoms with E-state index < -0.39 is 12.2 Å². The van der Waals surface area contributed by atoms with Crippen LogP contribution in [0.2, 0.25) is 0 Å². The minimum atomic E-state index is -0.725. The van der Waals surface area contributed by atoms with Crippen molar-refractivity contribution < 1.29 is 24.8 Å². The second-order valence-corrected chi connectivity index (χ2v) is 10.1. The van der Waals surface area contributed by atoms with Crippen LogP contribution in [-0.2, 0) is 5.41 Å². The number of ether oxygens (including phenoxy) is 2. The lowest BCUT2D eigenvalue weighted by Crippen LogP contribution is -2.43. The lowest BCUT2D eigenvalue weighted by molar-refractivity contribution is 0.0645. The molecule has 0 amide bonds. The smallest absolute Gasteiger partial charge is 0.133 e. The van der Waals surface area contributed by atoms with Gasteiger partial charge in [-0.25, -0.2) is 0 Å². The Balaban J connectivity index is 1.58. The molecule has 192 valence electrons. The van der Waals surface area contributed by atoms with Crippen LogP contribution < -0.4 is 20.4 Å². The Hall–Kier alpha value is -2.01. The topological polar surface area (TPSA) is 106 Å². The number of benzene rings is 2. The van der Waals surface area contributed by atoms with Gasteiger partial charge in [0.15, 0.2) is 0 Å². The van der Waals surface area contributed by atoms with Crippen molar-refractivity contribution in [3.8, 4) is 11.5 Å². The zero-order chi connectivity index (χ0) is 25.6. The lowest BCUT2D eigenvalue weighted by Gasteiger charge is -2.27. The van der Waals surface area contributed by atoms with E-state index in [0.717, 1.165) is 21.3 Å². The molecule has 8 nitrogen and oxygen atoms in total. The van der Waals surface area contributed by atoms with Crippen molar-refractivity contribution in [2.24, 2.45) is 0 Å². The van der Waals surface area contributed by atoms with Gasteiger partial charge in [0.25, 0.3) is 0 Å². The maximum atomic E-state index is 10.4. The number of allylic oxidation sites excluding steroid dienone is 1. The number of aliphatic hydroxyl groups excluding tert-OH is 3. The highest BCUT2D eigenvalue weighted by molar-refractivity contribution is 9.10. The summed E-state index contributed by atoms with van der Waals surface area (Å²) in [7, 11) is 0. The molecule has 0 fully saturated rings. The fourth-order valence-corrected chi connectivity index (χ4v) is 4.22. The van der Waals surface area contributed by atoms with E-state index in [0.29, 0.717) is 23.7 Å². The molecule has 2 aromatic rings. The molecular formula is C25H33BrClN3O5. The number of hydrogen-bond acceptors (Lipinski definition) is 8. The number of β-amino-alcohol motifs (C(OH)–C–C–N with tert-alkyl or cyclic N) is 1. The molecular weight excluding hydrogens is 538 g/mol. The minimum absolute atomic E-state index is 0.0990. The minimum Gasteiger partial charge on any atom is -0.491 e. The molecule has 1 aliphatic rings. The van der Waals surface area contributed by atoms with Gasteiger partial charge in [-0.15, -0.1) is 17.1 Å². The molecule has 0 bridgehead atoms. The van der Waals surface area contributed by atoms with Crippen LogP contribution in [0.15, 0.2) is 58.3 Å². The molecule has 35 heavy (non-hydrogen) atoms. The maximum absolute atomic E-state index is 10.4. The molecule has 0 radical (unpaired) electrons. The van der Waals surface area contributed by atoms with Crippen LogP contribution in [0.3, 0.4) is 0 Å². The third kappa shape index (κ3) is 7.03. The van der Waals surface area contributed by atoms with Gasteiger partial charge in [-0.1, -0.05) is 32.0 Å². The Morgan fingerprint density at radius 3 is 2.29 bits per heavy atom. The van der Waals surface area contributed by atoms with E-state index in [4.69, 9.17) is 21.1 Å². The Morgan fingerprint density at radius 2 is 1.69 bits per heavy atom. The van der Waals surface area contributed by atoms with Gasteiger partial charge >= 0.3 is 0 Å². The number of alkyl halides is 1. The molecule has 2 unspecified atom stereocenters. The molecule has 10 heteroatoms. The largest absolute Gasteiger partial charge is 0.491 e. The van der Waals surface area contributed by atoms with Crippen molar-refractivity contribution in [1.29, 1.82) is 0 Å². The second kappa shape index (κ2) is 12.3. The number of aliphatic hydroxyl groups is 3. The van der Waals surface area contributed by atoms with Crippen LogP contribution in [-0.4, -0.2) is 64.8 Å². The first-order valence-electron chi connectivity index (χ1n) is 11.3. The Labute approximate surface area is 219 Å². The van der Waals surface area contributed by atoms with Crippen LogP contribution in [0.1, 0.15) is 31.9 Å². The summed E-state index contributed by atoms with van der Waals surface area (Å²) in [6.07, 6.45) is -1.44. The molecule has 0 saturated carbocycles. The fourth-order valence-electron chi connectivity index (χ4n) is 3.64. The molecule has 1 heterocycles. The van der Waals surface area contributed by atoms with Gasteiger partial charge in [-0.3, -0.25) is 5.01 Å². The first-order chi connectivity index (χ1) is 16.6. The molecule has 0 aliphatic carbocycles. The predicted molar refractivity (Wildman–Crippen MR) is 139 cm³/mol. The Morgan fingerprint density at radius 1 is 1.03 bits per heavy atom. The second-order valence-electron chi connectivity index (χ2n) is 8.95. The summed E-state index contributed by atoms with van der Waals surface area (Å²) in [4.78, 5) is 0. The van der Waals surface area contributed by atoms with Gasteiger partial charge in [0.05, 0.1) is 34.9 Å². The number of nitrogens with one attached hydrogen (secondary N) is 2. The van der Waals surface area contributed by atoms with E-state index in [1.807, 2.05) is 49.4 Å². The van der Waals surface area contributed by atoms with E-state index >= 15 is 0 Å². The number of hydrogen-bond donors (Lipinski definition) is 5. The highest BCUT2D eigenvalue weighted by atomic mass is 79.9. The highest BCUT2D eigenvalue weighted by Gasteiger charge is 2.25. The monoisotopic (exact) mass is 569 g/mol. The molecule has 1 aliphatic heterocycles. The van der Waals surface area contributed by atoms with E-state index in [1.54, 1.807) is 5.01 Å². The molecule has 0 spiro atoms. The van der Waals surface area contributed by atoms with Gasteiger partial charge in [-0.2, -0.15) is 0 Å². The zero-order valence-corrected chi connectivity index (χ0v) is 22.4. The van der Waals surface area contributed by atoms with Gasteiger partial charge in [-0.05, 0) is 58.2 Å². The van der Waals surface area contributed by atoms with Crippen molar-refractivity contribution in [3.63, 3.8) is 0 Å². The van der Waals surface area contributed by atoms with Crippen LogP contribution in [0, 0.1) is 0 Å². The summed E-state index contributed by atoms with van der Waals surface area (Å²) >= 11 is 9.19. The summed E-state index contributed by atoms with van der Waals surface area (Å²) in [5, 5.41) is 31.0. The normalized spacial score (nSPS) is 15.7. The van der Waals surface area contributed by atoms with E-state index in [9.17, 15) is 15.3 Å². The average molecular weight is 571 g/mol. The molecule has 0 saturated heterocycles. The number of hydrazine groups is 2. The van der Waals surface area contributed by atoms with Gasteiger partial charge in [0, 0.05) is 5.41 Å². The van der Waals surface area contributed by atoms with Crippen molar-refractivity contribution >= 4 is 27.5 Å². The summed E-state index contributed by atoms with van der Waals surface area (Å²) in [6, 6.07) is 13.7. The SMILES string of the molecule is CC1=C(CO)NNN1CC(O)COc1ccc(C(C)(C)c2ccc(OCC(O)CCl)c(Br)c2)cc1. The number of halogens is 2.